The summed E-state index contributed by atoms with van der Waals surface area (Å²) in [6.45, 7) is 4.10. The highest BCUT2D eigenvalue weighted by Gasteiger charge is 2.17. The van der Waals surface area contributed by atoms with E-state index in [4.69, 9.17) is 5.14 Å². The molecular formula is C11H17NO2S. The van der Waals surface area contributed by atoms with Crippen LogP contribution in [0.3, 0.4) is 0 Å². The first kappa shape index (κ1) is 12.2. The van der Waals surface area contributed by atoms with Crippen molar-refractivity contribution in [1.82, 2.24) is 0 Å². The van der Waals surface area contributed by atoms with Crippen molar-refractivity contribution in [3.63, 3.8) is 0 Å². The molecule has 0 aliphatic carbocycles. The first-order chi connectivity index (χ1) is 7.00. The van der Waals surface area contributed by atoms with Gasteiger partial charge in [0, 0.05) is 0 Å². The summed E-state index contributed by atoms with van der Waals surface area (Å²) < 4.78 is 22.7. The minimum atomic E-state index is -3.60. The van der Waals surface area contributed by atoms with Gasteiger partial charge in [0.15, 0.2) is 0 Å². The third kappa shape index (κ3) is 2.79. The summed E-state index contributed by atoms with van der Waals surface area (Å²) in [5.41, 5.74) is 0.838. The number of benzene rings is 1. The van der Waals surface area contributed by atoms with Crippen LogP contribution in [0.25, 0.3) is 0 Å². The second-order valence-electron chi connectivity index (χ2n) is 3.60. The van der Waals surface area contributed by atoms with Crippen molar-refractivity contribution < 1.29 is 8.42 Å². The molecule has 0 radical (unpaired) electrons. The first-order valence-corrected chi connectivity index (χ1v) is 6.67. The van der Waals surface area contributed by atoms with Gasteiger partial charge < -0.3 is 0 Å². The molecular weight excluding hydrogens is 210 g/mol. The maximum Gasteiger partial charge on any atom is 0.238 e. The Kier molecular flexibility index (Phi) is 3.88. The van der Waals surface area contributed by atoms with Crippen molar-refractivity contribution in [3.8, 4) is 0 Å². The Morgan fingerprint density at radius 3 is 2.20 bits per heavy atom. The third-order valence-electron chi connectivity index (χ3n) is 2.65. The molecule has 0 unspecified atom stereocenters. The number of sulfonamides is 1. The molecule has 0 fully saturated rings. The molecule has 4 heteroatoms. The lowest BCUT2D eigenvalue weighted by Gasteiger charge is -2.15. The zero-order valence-corrected chi connectivity index (χ0v) is 9.92. The van der Waals surface area contributed by atoms with Crippen molar-refractivity contribution in [3.05, 3.63) is 29.8 Å². The predicted octanol–water partition coefficient (Wildman–Crippen LogP) is 2.24. The number of primary sulfonamides is 1. The number of hydrogen-bond donors (Lipinski definition) is 1. The van der Waals surface area contributed by atoms with Gasteiger partial charge in [-0.2, -0.15) is 0 Å². The van der Waals surface area contributed by atoms with Crippen LogP contribution in [0.4, 0.5) is 0 Å². The van der Waals surface area contributed by atoms with Crippen LogP contribution in [0, 0.1) is 0 Å². The molecule has 0 saturated carbocycles. The molecule has 84 valence electrons. The number of nitrogens with two attached hydrogens (primary N) is 1. The molecule has 0 spiro atoms. The Morgan fingerprint density at radius 1 is 1.20 bits per heavy atom. The molecule has 0 saturated heterocycles. The summed E-state index contributed by atoms with van der Waals surface area (Å²) in [6, 6.07) is 6.97. The van der Waals surface area contributed by atoms with Crippen molar-refractivity contribution >= 4 is 10.0 Å². The van der Waals surface area contributed by atoms with Crippen LogP contribution >= 0.6 is 0 Å². The largest absolute Gasteiger partial charge is 0.238 e. The highest BCUT2D eigenvalue weighted by Crippen LogP contribution is 2.28. The minimum absolute atomic E-state index is 0.263. The second-order valence-corrected chi connectivity index (χ2v) is 5.13. The molecule has 0 amide bonds. The van der Waals surface area contributed by atoms with Gasteiger partial charge >= 0.3 is 0 Å². The van der Waals surface area contributed by atoms with E-state index < -0.39 is 10.0 Å². The van der Waals surface area contributed by atoms with E-state index in [1.165, 1.54) is 0 Å². The van der Waals surface area contributed by atoms with Crippen molar-refractivity contribution in [2.45, 2.75) is 37.5 Å². The Labute approximate surface area is 91.4 Å². The van der Waals surface area contributed by atoms with Crippen LogP contribution in [-0.4, -0.2) is 8.42 Å². The van der Waals surface area contributed by atoms with E-state index in [0.29, 0.717) is 0 Å². The maximum atomic E-state index is 11.4. The molecule has 0 heterocycles. The van der Waals surface area contributed by atoms with Gasteiger partial charge in [-0.3, -0.25) is 0 Å². The molecule has 1 aromatic carbocycles. The zero-order chi connectivity index (χ0) is 11.5. The second kappa shape index (κ2) is 4.77. The average molecular weight is 227 g/mol. The molecule has 1 aromatic rings. The van der Waals surface area contributed by atoms with Gasteiger partial charge in [0.2, 0.25) is 10.0 Å². The Balaban J connectivity index is 3.29. The molecule has 0 aromatic heterocycles. The highest BCUT2D eigenvalue weighted by molar-refractivity contribution is 7.89. The van der Waals surface area contributed by atoms with E-state index >= 15 is 0 Å². The minimum Gasteiger partial charge on any atom is -0.225 e. The van der Waals surface area contributed by atoms with E-state index in [0.717, 1.165) is 18.4 Å². The Bertz CT molecular complexity index is 422. The molecule has 0 aliphatic heterocycles. The third-order valence-corrected chi connectivity index (χ3v) is 3.64. The number of rotatable bonds is 4. The zero-order valence-electron chi connectivity index (χ0n) is 9.10. The summed E-state index contributed by atoms with van der Waals surface area (Å²) in [4.78, 5) is 0.263. The van der Waals surface area contributed by atoms with Gasteiger partial charge in [-0.15, -0.1) is 0 Å². The lowest BCUT2D eigenvalue weighted by Crippen LogP contribution is -2.15. The standard InChI is InChI=1S/C11H17NO2S/c1-3-9(4-2)10-7-5-6-8-11(10)15(12,13)14/h5-9H,3-4H2,1-2H3,(H2,12,13,14). The van der Waals surface area contributed by atoms with E-state index in [-0.39, 0.29) is 10.8 Å². The fourth-order valence-electron chi connectivity index (χ4n) is 1.81. The quantitative estimate of drug-likeness (QED) is 0.857. The summed E-state index contributed by atoms with van der Waals surface area (Å²) in [5, 5.41) is 5.18. The van der Waals surface area contributed by atoms with E-state index in [9.17, 15) is 8.42 Å². The molecule has 1 rings (SSSR count). The molecule has 0 aliphatic rings. The maximum absolute atomic E-state index is 11.4. The van der Waals surface area contributed by atoms with Gasteiger partial charge in [-0.05, 0) is 30.4 Å². The van der Waals surface area contributed by atoms with Crippen LogP contribution < -0.4 is 5.14 Å². The SMILES string of the molecule is CCC(CC)c1ccccc1S(N)(=O)=O. The lowest BCUT2D eigenvalue weighted by molar-refractivity contribution is 0.588. The van der Waals surface area contributed by atoms with Crippen molar-refractivity contribution in [2.75, 3.05) is 0 Å². The summed E-state index contributed by atoms with van der Waals surface area (Å²) in [7, 11) is -3.60. The Hall–Kier alpha value is -0.870. The van der Waals surface area contributed by atoms with Gasteiger partial charge in [-0.1, -0.05) is 32.0 Å². The molecule has 0 atom stereocenters. The van der Waals surface area contributed by atoms with Crippen LogP contribution in [0.15, 0.2) is 29.2 Å². The van der Waals surface area contributed by atoms with E-state index in [2.05, 4.69) is 0 Å². The van der Waals surface area contributed by atoms with Crippen LogP contribution in [0.5, 0.6) is 0 Å². The van der Waals surface area contributed by atoms with E-state index in [1.54, 1.807) is 12.1 Å². The molecule has 3 nitrogen and oxygen atoms in total. The fourth-order valence-corrected chi connectivity index (χ4v) is 2.64. The van der Waals surface area contributed by atoms with Crippen LogP contribution in [-0.2, 0) is 10.0 Å². The molecule has 2 N–H and O–H groups in total. The van der Waals surface area contributed by atoms with Gasteiger partial charge in [0.05, 0.1) is 4.90 Å². The van der Waals surface area contributed by atoms with Crippen LogP contribution in [0.1, 0.15) is 38.2 Å². The average Bonchev–Trinajstić information content (AvgIpc) is 2.19. The van der Waals surface area contributed by atoms with Gasteiger partial charge in [0.25, 0.3) is 0 Å². The summed E-state index contributed by atoms with van der Waals surface area (Å²) in [6.07, 6.45) is 1.84. The monoisotopic (exact) mass is 227 g/mol. The predicted molar refractivity (Wildman–Crippen MR) is 61.1 cm³/mol. The topological polar surface area (TPSA) is 60.2 Å². The summed E-state index contributed by atoms with van der Waals surface area (Å²) in [5.74, 6) is 0.263. The Morgan fingerprint density at radius 2 is 1.73 bits per heavy atom. The first-order valence-electron chi connectivity index (χ1n) is 5.12. The fraction of sp³-hybridized carbons (Fsp3) is 0.455. The van der Waals surface area contributed by atoms with Crippen molar-refractivity contribution in [1.29, 1.82) is 0 Å². The normalized spacial score (nSPS) is 12.0. The summed E-state index contributed by atoms with van der Waals surface area (Å²) >= 11 is 0. The van der Waals surface area contributed by atoms with Crippen LogP contribution in [0.2, 0.25) is 0 Å². The molecule has 0 bridgehead atoms. The highest BCUT2D eigenvalue weighted by atomic mass is 32.2. The lowest BCUT2D eigenvalue weighted by atomic mass is 9.94. The number of hydrogen-bond acceptors (Lipinski definition) is 2. The van der Waals surface area contributed by atoms with Gasteiger partial charge in [-0.25, -0.2) is 13.6 Å². The molecule has 15 heavy (non-hydrogen) atoms. The van der Waals surface area contributed by atoms with E-state index in [1.807, 2.05) is 26.0 Å². The smallest absolute Gasteiger partial charge is 0.225 e. The van der Waals surface area contributed by atoms with Gasteiger partial charge in [0.1, 0.15) is 0 Å². The van der Waals surface area contributed by atoms with Crippen molar-refractivity contribution in [2.24, 2.45) is 5.14 Å².